The minimum atomic E-state index is 0.484. The second-order valence-electron chi connectivity index (χ2n) is 6.82. The molecule has 110 valence electrons. The third-order valence-electron chi connectivity index (χ3n) is 5.05. The molecule has 2 aliphatic heterocycles. The van der Waals surface area contributed by atoms with Crippen LogP contribution >= 0.6 is 0 Å². The van der Waals surface area contributed by atoms with Crippen LogP contribution in [0.1, 0.15) is 51.9 Å². The number of likely N-dealkylation sites (tertiary alicyclic amines) is 1. The number of rotatable bonds is 6. The lowest BCUT2D eigenvalue weighted by Gasteiger charge is -2.33. The lowest BCUT2D eigenvalue weighted by Crippen LogP contribution is -2.40. The highest BCUT2D eigenvalue weighted by atomic mass is 16.5. The molecule has 3 heteroatoms. The molecule has 3 atom stereocenters. The standard InChI is InChI=1S/C16H30N2O/c1-2-13-4-3-9-18(11-13)12-16-8-7-15(19-16)10-17-14-5-6-14/h13-17H,2-12H2,1H3. The molecule has 0 aromatic rings. The maximum absolute atomic E-state index is 6.21. The molecule has 0 aromatic heterocycles. The number of ether oxygens (including phenoxy) is 1. The van der Waals surface area contributed by atoms with Gasteiger partial charge >= 0.3 is 0 Å². The molecule has 0 radical (unpaired) electrons. The van der Waals surface area contributed by atoms with Gasteiger partial charge < -0.3 is 15.0 Å². The molecule has 0 bridgehead atoms. The van der Waals surface area contributed by atoms with Crippen molar-refractivity contribution in [1.29, 1.82) is 0 Å². The molecule has 2 heterocycles. The van der Waals surface area contributed by atoms with E-state index in [0.29, 0.717) is 12.2 Å². The fourth-order valence-electron chi connectivity index (χ4n) is 3.59. The highest BCUT2D eigenvalue weighted by Gasteiger charge is 2.30. The van der Waals surface area contributed by atoms with Gasteiger partial charge in [-0.2, -0.15) is 0 Å². The van der Waals surface area contributed by atoms with Gasteiger partial charge in [0.25, 0.3) is 0 Å². The number of nitrogens with one attached hydrogen (secondary N) is 1. The summed E-state index contributed by atoms with van der Waals surface area (Å²) in [5, 5.41) is 3.60. The van der Waals surface area contributed by atoms with Crippen molar-refractivity contribution in [1.82, 2.24) is 10.2 Å². The van der Waals surface area contributed by atoms with Crippen LogP contribution in [0, 0.1) is 5.92 Å². The van der Waals surface area contributed by atoms with E-state index in [1.54, 1.807) is 0 Å². The van der Waals surface area contributed by atoms with Crippen molar-refractivity contribution >= 4 is 0 Å². The van der Waals surface area contributed by atoms with Crippen LogP contribution in [-0.4, -0.2) is 49.3 Å². The van der Waals surface area contributed by atoms with E-state index in [1.165, 1.54) is 64.6 Å². The quantitative estimate of drug-likeness (QED) is 0.799. The van der Waals surface area contributed by atoms with Gasteiger partial charge in [0.05, 0.1) is 12.2 Å². The van der Waals surface area contributed by atoms with E-state index < -0.39 is 0 Å². The lowest BCUT2D eigenvalue weighted by molar-refractivity contribution is 0.0146. The van der Waals surface area contributed by atoms with Crippen molar-refractivity contribution < 1.29 is 4.74 Å². The van der Waals surface area contributed by atoms with Crippen molar-refractivity contribution in [2.24, 2.45) is 5.92 Å². The van der Waals surface area contributed by atoms with Gasteiger partial charge in [-0.3, -0.25) is 0 Å². The summed E-state index contributed by atoms with van der Waals surface area (Å²) in [6, 6.07) is 0.815. The average Bonchev–Trinajstić information content (AvgIpc) is 3.17. The zero-order chi connectivity index (χ0) is 13.1. The zero-order valence-electron chi connectivity index (χ0n) is 12.4. The van der Waals surface area contributed by atoms with Gasteiger partial charge in [-0.25, -0.2) is 0 Å². The first kappa shape index (κ1) is 13.8. The summed E-state index contributed by atoms with van der Waals surface area (Å²) in [5.41, 5.74) is 0. The molecule has 3 fully saturated rings. The van der Waals surface area contributed by atoms with E-state index in [9.17, 15) is 0 Å². The van der Waals surface area contributed by atoms with Crippen LogP contribution in [0.4, 0.5) is 0 Å². The van der Waals surface area contributed by atoms with E-state index >= 15 is 0 Å². The van der Waals surface area contributed by atoms with E-state index in [-0.39, 0.29) is 0 Å². The van der Waals surface area contributed by atoms with Crippen molar-refractivity contribution in [3.8, 4) is 0 Å². The highest BCUT2D eigenvalue weighted by molar-refractivity contribution is 4.85. The Morgan fingerprint density at radius 3 is 2.74 bits per heavy atom. The molecule has 1 saturated carbocycles. The predicted octanol–water partition coefficient (Wildman–Crippen LogP) is 2.41. The summed E-state index contributed by atoms with van der Waals surface area (Å²) >= 11 is 0. The second kappa shape index (κ2) is 6.55. The molecular weight excluding hydrogens is 236 g/mol. The first-order valence-electron chi connectivity index (χ1n) is 8.44. The summed E-state index contributed by atoms with van der Waals surface area (Å²) in [5.74, 6) is 0.933. The first-order valence-corrected chi connectivity index (χ1v) is 8.44. The normalized spacial score (nSPS) is 36.8. The lowest BCUT2D eigenvalue weighted by atomic mass is 9.95. The summed E-state index contributed by atoms with van der Waals surface area (Å²) in [6.07, 6.45) is 10.4. The number of hydrogen-bond acceptors (Lipinski definition) is 3. The Bertz CT molecular complexity index is 280. The largest absolute Gasteiger partial charge is 0.372 e. The Balaban J connectivity index is 1.36. The Hall–Kier alpha value is -0.120. The minimum Gasteiger partial charge on any atom is -0.372 e. The average molecular weight is 266 g/mol. The topological polar surface area (TPSA) is 24.5 Å². The maximum atomic E-state index is 6.21. The highest BCUT2D eigenvalue weighted by Crippen LogP contribution is 2.25. The fraction of sp³-hybridized carbons (Fsp3) is 1.00. The van der Waals surface area contributed by atoms with Crippen molar-refractivity contribution in [2.75, 3.05) is 26.2 Å². The number of piperidine rings is 1. The van der Waals surface area contributed by atoms with Crippen LogP contribution in [-0.2, 0) is 4.74 Å². The van der Waals surface area contributed by atoms with Gasteiger partial charge in [-0.05, 0) is 51.0 Å². The van der Waals surface area contributed by atoms with Gasteiger partial charge in [0, 0.05) is 25.7 Å². The molecule has 3 rings (SSSR count). The predicted molar refractivity (Wildman–Crippen MR) is 78.4 cm³/mol. The van der Waals surface area contributed by atoms with E-state index in [0.717, 1.165) is 18.5 Å². The van der Waals surface area contributed by atoms with Crippen LogP contribution in [0.25, 0.3) is 0 Å². The van der Waals surface area contributed by atoms with Gasteiger partial charge in [0.15, 0.2) is 0 Å². The summed E-state index contributed by atoms with van der Waals surface area (Å²) < 4.78 is 6.21. The first-order chi connectivity index (χ1) is 9.33. The molecule has 3 nitrogen and oxygen atoms in total. The minimum absolute atomic E-state index is 0.484. The van der Waals surface area contributed by atoms with Crippen molar-refractivity contribution in [3.63, 3.8) is 0 Å². The molecule has 0 amide bonds. The molecular formula is C16H30N2O. The van der Waals surface area contributed by atoms with Crippen molar-refractivity contribution in [2.45, 2.75) is 70.1 Å². The molecule has 0 aromatic carbocycles. The SMILES string of the molecule is CCC1CCCN(CC2CCC(CNC3CC3)O2)C1. The molecule has 3 unspecified atom stereocenters. The third-order valence-corrected chi connectivity index (χ3v) is 5.05. The molecule has 1 aliphatic carbocycles. The van der Waals surface area contributed by atoms with Gasteiger partial charge in [0.1, 0.15) is 0 Å². The van der Waals surface area contributed by atoms with Gasteiger partial charge in [-0.15, -0.1) is 0 Å². The molecule has 0 spiro atoms. The van der Waals surface area contributed by atoms with Crippen LogP contribution < -0.4 is 5.32 Å². The molecule has 1 N–H and O–H groups in total. The van der Waals surface area contributed by atoms with Gasteiger partial charge in [0.2, 0.25) is 0 Å². The zero-order valence-corrected chi connectivity index (χ0v) is 12.4. The fourth-order valence-corrected chi connectivity index (χ4v) is 3.59. The third kappa shape index (κ3) is 4.17. The molecule has 3 aliphatic rings. The van der Waals surface area contributed by atoms with Gasteiger partial charge in [-0.1, -0.05) is 13.3 Å². The van der Waals surface area contributed by atoms with Crippen LogP contribution in [0.3, 0.4) is 0 Å². The van der Waals surface area contributed by atoms with E-state index in [2.05, 4.69) is 17.1 Å². The summed E-state index contributed by atoms with van der Waals surface area (Å²) in [7, 11) is 0. The smallest absolute Gasteiger partial charge is 0.0707 e. The van der Waals surface area contributed by atoms with E-state index in [1.807, 2.05) is 0 Å². The maximum Gasteiger partial charge on any atom is 0.0707 e. The Kier molecular flexibility index (Phi) is 4.78. The Labute approximate surface area is 118 Å². The number of hydrogen-bond donors (Lipinski definition) is 1. The van der Waals surface area contributed by atoms with Crippen LogP contribution in [0.15, 0.2) is 0 Å². The summed E-state index contributed by atoms with van der Waals surface area (Å²) in [6.45, 7) is 7.19. The second-order valence-corrected chi connectivity index (χ2v) is 6.82. The Morgan fingerprint density at radius 1 is 1.11 bits per heavy atom. The van der Waals surface area contributed by atoms with Crippen molar-refractivity contribution in [3.05, 3.63) is 0 Å². The molecule has 19 heavy (non-hydrogen) atoms. The Morgan fingerprint density at radius 2 is 1.95 bits per heavy atom. The number of nitrogens with zero attached hydrogens (tertiary/aromatic N) is 1. The molecule has 2 saturated heterocycles. The summed E-state index contributed by atoms with van der Waals surface area (Å²) in [4.78, 5) is 2.65. The van der Waals surface area contributed by atoms with Crippen LogP contribution in [0.5, 0.6) is 0 Å². The monoisotopic (exact) mass is 266 g/mol. The van der Waals surface area contributed by atoms with Crippen LogP contribution in [0.2, 0.25) is 0 Å². The van der Waals surface area contributed by atoms with E-state index in [4.69, 9.17) is 4.74 Å².